The van der Waals surface area contributed by atoms with Crippen LogP contribution >= 0.6 is 0 Å². The van der Waals surface area contributed by atoms with E-state index in [2.05, 4.69) is 19.0 Å². The number of aliphatic hydroxyl groups is 1. The van der Waals surface area contributed by atoms with Crippen LogP contribution in [0.25, 0.3) is 0 Å². The Morgan fingerprint density at radius 1 is 1.44 bits per heavy atom. The first kappa shape index (κ1) is 11.7. The first-order valence-electron chi connectivity index (χ1n) is 6.03. The molecule has 1 aliphatic carbocycles. The molecule has 1 fully saturated rings. The summed E-state index contributed by atoms with van der Waals surface area (Å²) in [6.07, 6.45) is 6.55. The number of hydrogen-bond donors (Lipinski definition) is 1. The molecule has 0 bridgehead atoms. The Kier molecular flexibility index (Phi) is 3.36. The predicted octanol–water partition coefficient (Wildman–Crippen LogP) is 2.06. The molecule has 1 N–H and O–H groups in total. The molecule has 0 amide bonds. The monoisotopic (exact) mass is 223 g/mol. The summed E-state index contributed by atoms with van der Waals surface area (Å²) in [7, 11) is 4.13. The van der Waals surface area contributed by atoms with Gasteiger partial charge in [0.1, 0.15) is 5.76 Å². The minimum absolute atomic E-state index is 0.0488. The van der Waals surface area contributed by atoms with Gasteiger partial charge in [0.2, 0.25) is 0 Å². The van der Waals surface area contributed by atoms with E-state index in [0.717, 1.165) is 18.6 Å². The molecule has 0 radical (unpaired) electrons. The first-order valence-corrected chi connectivity index (χ1v) is 6.03. The van der Waals surface area contributed by atoms with Crippen molar-refractivity contribution in [3.63, 3.8) is 0 Å². The van der Waals surface area contributed by atoms with Gasteiger partial charge in [-0.15, -0.1) is 0 Å². The zero-order valence-corrected chi connectivity index (χ0v) is 10.1. The Balaban J connectivity index is 2.08. The maximum Gasteiger partial charge on any atom is 0.106 e. The molecule has 0 spiro atoms. The van der Waals surface area contributed by atoms with Gasteiger partial charge in [0.05, 0.1) is 12.4 Å². The van der Waals surface area contributed by atoms with E-state index < -0.39 is 0 Å². The highest BCUT2D eigenvalue weighted by Gasteiger charge is 2.42. The number of nitrogens with zero attached hydrogens (tertiary/aromatic N) is 1. The third-order valence-corrected chi connectivity index (χ3v) is 3.95. The van der Waals surface area contributed by atoms with E-state index in [9.17, 15) is 5.11 Å². The van der Waals surface area contributed by atoms with Crippen LogP contribution in [-0.4, -0.2) is 35.7 Å². The van der Waals surface area contributed by atoms with Crippen LogP contribution in [0.5, 0.6) is 0 Å². The fourth-order valence-electron chi connectivity index (χ4n) is 2.87. The first-order chi connectivity index (χ1) is 7.65. The van der Waals surface area contributed by atoms with Crippen LogP contribution in [0.3, 0.4) is 0 Å². The van der Waals surface area contributed by atoms with Gasteiger partial charge in [-0.3, -0.25) is 0 Å². The highest BCUT2D eigenvalue weighted by molar-refractivity contribution is 5.06. The van der Waals surface area contributed by atoms with Crippen LogP contribution in [0.2, 0.25) is 0 Å². The topological polar surface area (TPSA) is 36.6 Å². The molecule has 0 aromatic carbocycles. The lowest BCUT2D eigenvalue weighted by Crippen LogP contribution is -2.52. The van der Waals surface area contributed by atoms with Gasteiger partial charge in [-0.2, -0.15) is 0 Å². The second-order valence-corrected chi connectivity index (χ2v) is 5.00. The Morgan fingerprint density at radius 2 is 2.12 bits per heavy atom. The van der Waals surface area contributed by atoms with Crippen molar-refractivity contribution >= 4 is 0 Å². The standard InChI is InChI=1S/C13H21NO2/c1-14(2)13(7-3-4-8-13)12(15)10-11-6-5-9-16-11/h5-6,9,12,15H,3-4,7-8,10H2,1-2H3. The number of rotatable bonds is 4. The van der Waals surface area contributed by atoms with E-state index in [4.69, 9.17) is 4.42 Å². The van der Waals surface area contributed by atoms with Gasteiger partial charge in [0.15, 0.2) is 0 Å². The fourth-order valence-corrected chi connectivity index (χ4v) is 2.87. The minimum Gasteiger partial charge on any atom is -0.469 e. The molecule has 90 valence electrons. The van der Waals surface area contributed by atoms with Crippen LogP contribution in [0, 0.1) is 0 Å². The van der Waals surface area contributed by atoms with Crippen molar-refractivity contribution < 1.29 is 9.52 Å². The molecule has 1 aromatic heterocycles. The number of likely N-dealkylation sites (N-methyl/N-ethyl adjacent to an activating group) is 1. The summed E-state index contributed by atoms with van der Waals surface area (Å²) in [4.78, 5) is 2.19. The van der Waals surface area contributed by atoms with Crippen LogP contribution in [0.1, 0.15) is 31.4 Å². The van der Waals surface area contributed by atoms with Gasteiger partial charge < -0.3 is 14.4 Å². The van der Waals surface area contributed by atoms with Crippen molar-refractivity contribution in [2.24, 2.45) is 0 Å². The zero-order valence-electron chi connectivity index (χ0n) is 10.1. The predicted molar refractivity (Wildman–Crippen MR) is 63.3 cm³/mol. The molecular weight excluding hydrogens is 202 g/mol. The van der Waals surface area contributed by atoms with E-state index in [1.54, 1.807) is 6.26 Å². The third-order valence-electron chi connectivity index (χ3n) is 3.95. The molecule has 3 nitrogen and oxygen atoms in total. The Bertz CT molecular complexity index is 313. The normalized spacial score (nSPS) is 21.5. The molecule has 1 unspecified atom stereocenters. The third kappa shape index (κ3) is 2.02. The van der Waals surface area contributed by atoms with E-state index in [1.165, 1.54) is 12.8 Å². The second kappa shape index (κ2) is 4.60. The minimum atomic E-state index is -0.337. The molecule has 1 aromatic rings. The SMILES string of the molecule is CN(C)C1(C(O)Cc2ccco2)CCCC1. The van der Waals surface area contributed by atoms with Crippen LogP contribution in [-0.2, 0) is 6.42 Å². The van der Waals surface area contributed by atoms with Gasteiger partial charge in [-0.1, -0.05) is 12.8 Å². The van der Waals surface area contributed by atoms with Gasteiger partial charge in [0, 0.05) is 12.0 Å². The van der Waals surface area contributed by atoms with Crippen LogP contribution < -0.4 is 0 Å². The molecule has 1 atom stereocenters. The number of hydrogen-bond acceptors (Lipinski definition) is 3. The summed E-state index contributed by atoms with van der Waals surface area (Å²) in [5, 5.41) is 10.4. The van der Waals surface area contributed by atoms with Crippen molar-refractivity contribution in [1.82, 2.24) is 4.90 Å². The van der Waals surface area contributed by atoms with E-state index in [1.807, 2.05) is 12.1 Å². The van der Waals surface area contributed by atoms with E-state index in [-0.39, 0.29) is 11.6 Å². The van der Waals surface area contributed by atoms with Gasteiger partial charge in [-0.25, -0.2) is 0 Å². The quantitative estimate of drug-likeness (QED) is 0.848. The summed E-state index contributed by atoms with van der Waals surface area (Å²) < 4.78 is 5.31. The van der Waals surface area contributed by atoms with Crippen molar-refractivity contribution in [1.29, 1.82) is 0 Å². The number of furan rings is 1. The largest absolute Gasteiger partial charge is 0.469 e. The van der Waals surface area contributed by atoms with Crippen molar-refractivity contribution in [3.05, 3.63) is 24.2 Å². The second-order valence-electron chi connectivity index (χ2n) is 5.00. The van der Waals surface area contributed by atoms with Crippen LogP contribution in [0.4, 0.5) is 0 Å². The van der Waals surface area contributed by atoms with Crippen molar-refractivity contribution in [3.8, 4) is 0 Å². The summed E-state index contributed by atoms with van der Waals surface area (Å²) in [5.74, 6) is 0.876. The lowest BCUT2D eigenvalue weighted by molar-refractivity contribution is -0.00513. The van der Waals surface area contributed by atoms with E-state index >= 15 is 0 Å². The maximum atomic E-state index is 10.4. The van der Waals surface area contributed by atoms with E-state index in [0.29, 0.717) is 6.42 Å². The fraction of sp³-hybridized carbons (Fsp3) is 0.692. The lowest BCUT2D eigenvalue weighted by atomic mass is 9.86. The van der Waals surface area contributed by atoms with Gasteiger partial charge >= 0.3 is 0 Å². The number of aliphatic hydroxyl groups excluding tert-OH is 1. The summed E-state index contributed by atoms with van der Waals surface area (Å²) in [6, 6.07) is 3.81. The molecule has 3 heteroatoms. The summed E-state index contributed by atoms with van der Waals surface area (Å²) in [6.45, 7) is 0. The molecule has 16 heavy (non-hydrogen) atoms. The molecule has 0 aliphatic heterocycles. The van der Waals surface area contributed by atoms with Gasteiger partial charge in [-0.05, 0) is 39.1 Å². The average Bonchev–Trinajstić information content (AvgIpc) is 2.87. The zero-order chi connectivity index (χ0) is 11.6. The maximum absolute atomic E-state index is 10.4. The van der Waals surface area contributed by atoms with Gasteiger partial charge in [0.25, 0.3) is 0 Å². The molecule has 2 rings (SSSR count). The van der Waals surface area contributed by atoms with Crippen LogP contribution in [0.15, 0.2) is 22.8 Å². The molecule has 1 aliphatic rings. The summed E-state index contributed by atoms with van der Waals surface area (Å²) >= 11 is 0. The van der Waals surface area contributed by atoms with Crippen molar-refractivity contribution in [2.75, 3.05) is 14.1 Å². The smallest absolute Gasteiger partial charge is 0.106 e. The average molecular weight is 223 g/mol. The Morgan fingerprint density at radius 3 is 2.62 bits per heavy atom. The summed E-state index contributed by atoms with van der Waals surface area (Å²) in [5.41, 5.74) is -0.0488. The Hall–Kier alpha value is -0.800. The molecule has 1 heterocycles. The highest BCUT2D eigenvalue weighted by Crippen LogP contribution is 2.37. The molecule has 0 saturated heterocycles. The lowest BCUT2D eigenvalue weighted by Gasteiger charge is -2.40. The highest BCUT2D eigenvalue weighted by atomic mass is 16.3. The van der Waals surface area contributed by atoms with Crippen molar-refractivity contribution in [2.45, 2.75) is 43.7 Å². The molecule has 1 saturated carbocycles. The molecular formula is C13H21NO2. The Labute approximate surface area is 97.1 Å².